The van der Waals surface area contributed by atoms with E-state index in [1.165, 1.54) is 16.6 Å². The van der Waals surface area contributed by atoms with Gasteiger partial charge in [-0.3, -0.25) is 0 Å². The number of aromatic nitrogens is 1. The maximum Gasteiger partial charge on any atom is 0.0482 e. The van der Waals surface area contributed by atoms with Crippen LogP contribution in [0.15, 0.2) is 30.6 Å². The monoisotopic (exact) mass is 187 g/mol. The number of aryl methyl sites for hydroxylation is 1. The fourth-order valence-corrected chi connectivity index (χ4v) is 2.02. The molecule has 0 N–H and O–H groups in total. The van der Waals surface area contributed by atoms with E-state index in [1.807, 2.05) is 0 Å². The van der Waals surface area contributed by atoms with Crippen LogP contribution < -0.4 is 0 Å². The Morgan fingerprint density at radius 2 is 1.86 bits per heavy atom. The van der Waals surface area contributed by atoms with E-state index in [0.717, 1.165) is 0 Å². The number of hydrogen-bond donors (Lipinski definition) is 0. The van der Waals surface area contributed by atoms with Gasteiger partial charge in [0.05, 0.1) is 0 Å². The molecule has 0 aliphatic heterocycles. The Bertz CT molecular complexity index is 458. The number of hydrogen-bond acceptors (Lipinski definition) is 0. The summed E-state index contributed by atoms with van der Waals surface area (Å²) in [6, 6.07) is 6.33. The Morgan fingerprint density at radius 1 is 1.14 bits per heavy atom. The molecule has 0 bridgehead atoms. The Kier molecular flexibility index (Phi) is 1.91. The van der Waals surface area contributed by atoms with Crippen molar-refractivity contribution in [3.05, 3.63) is 41.7 Å². The SMILES string of the molecule is Cc1c(C(C)(C)C)cn2ccccc12. The first kappa shape index (κ1) is 9.32. The third kappa shape index (κ3) is 1.33. The van der Waals surface area contributed by atoms with Gasteiger partial charge >= 0.3 is 0 Å². The van der Waals surface area contributed by atoms with Crippen LogP contribution in [-0.4, -0.2) is 4.40 Å². The third-order valence-corrected chi connectivity index (χ3v) is 2.75. The lowest BCUT2D eigenvalue weighted by Gasteiger charge is -2.17. The highest BCUT2D eigenvalue weighted by atomic mass is 14.9. The summed E-state index contributed by atoms with van der Waals surface area (Å²) in [6.45, 7) is 8.98. The van der Waals surface area contributed by atoms with Crippen LogP contribution in [0.25, 0.3) is 5.52 Å². The topological polar surface area (TPSA) is 4.41 Å². The van der Waals surface area contributed by atoms with Crippen molar-refractivity contribution in [3.8, 4) is 0 Å². The lowest BCUT2D eigenvalue weighted by atomic mass is 9.86. The molecule has 2 aromatic heterocycles. The highest BCUT2D eigenvalue weighted by molar-refractivity contribution is 5.59. The second kappa shape index (κ2) is 2.88. The standard InChI is InChI=1S/C13H17N/c1-10-11(13(2,3)4)9-14-8-6-5-7-12(10)14/h5-9H,1-4H3. The van der Waals surface area contributed by atoms with Gasteiger partial charge in [0.25, 0.3) is 0 Å². The molecule has 0 aliphatic rings. The van der Waals surface area contributed by atoms with Gasteiger partial charge in [0, 0.05) is 17.9 Å². The summed E-state index contributed by atoms with van der Waals surface area (Å²) in [4.78, 5) is 0. The van der Waals surface area contributed by atoms with Crippen LogP contribution in [0.4, 0.5) is 0 Å². The minimum absolute atomic E-state index is 0.232. The van der Waals surface area contributed by atoms with Crippen molar-refractivity contribution in [3.63, 3.8) is 0 Å². The molecule has 74 valence electrons. The van der Waals surface area contributed by atoms with E-state index in [0.29, 0.717) is 0 Å². The summed E-state index contributed by atoms with van der Waals surface area (Å²) in [5, 5.41) is 0. The molecule has 0 atom stereocenters. The van der Waals surface area contributed by atoms with Crippen LogP contribution in [-0.2, 0) is 5.41 Å². The molecule has 2 rings (SSSR count). The lowest BCUT2D eigenvalue weighted by molar-refractivity contribution is 0.587. The van der Waals surface area contributed by atoms with E-state index in [9.17, 15) is 0 Å². The zero-order valence-corrected chi connectivity index (χ0v) is 9.33. The van der Waals surface area contributed by atoms with Crippen LogP contribution in [0, 0.1) is 6.92 Å². The molecule has 0 unspecified atom stereocenters. The van der Waals surface area contributed by atoms with E-state index in [4.69, 9.17) is 0 Å². The quantitative estimate of drug-likeness (QED) is 0.594. The molecule has 0 spiro atoms. The van der Waals surface area contributed by atoms with Crippen LogP contribution in [0.1, 0.15) is 31.9 Å². The highest BCUT2D eigenvalue weighted by Crippen LogP contribution is 2.29. The highest BCUT2D eigenvalue weighted by Gasteiger charge is 2.18. The van der Waals surface area contributed by atoms with E-state index >= 15 is 0 Å². The molecule has 0 saturated heterocycles. The van der Waals surface area contributed by atoms with Crippen molar-refractivity contribution in [2.45, 2.75) is 33.1 Å². The molecule has 2 aromatic rings. The van der Waals surface area contributed by atoms with Gasteiger partial charge in [-0.2, -0.15) is 0 Å². The Hall–Kier alpha value is -1.24. The predicted octanol–water partition coefficient (Wildman–Crippen LogP) is 3.55. The van der Waals surface area contributed by atoms with Gasteiger partial charge in [0.1, 0.15) is 0 Å². The van der Waals surface area contributed by atoms with Gasteiger partial charge in [0.2, 0.25) is 0 Å². The van der Waals surface area contributed by atoms with Crippen LogP contribution >= 0.6 is 0 Å². The van der Waals surface area contributed by atoms with Crippen LogP contribution in [0.3, 0.4) is 0 Å². The molecule has 1 heteroatoms. The molecule has 0 saturated carbocycles. The van der Waals surface area contributed by atoms with E-state index in [1.54, 1.807) is 0 Å². The van der Waals surface area contributed by atoms with Crippen molar-refractivity contribution >= 4 is 5.52 Å². The fraction of sp³-hybridized carbons (Fsp3) is 0.385. The molecule has 0 radical (unpaired) electrons. The first-order valence-electron chi connectivity index (χ1n) is 5.07. The summed E-state index contributed by atoms with van der Waals surface area (Å²) in [5.41, 5.74) is 4.38. The summed E-state index contributed by atoms with van der Waals surface area (Å²) in [6.07, 6.45) is 4.35. The Morgan fingerprint density at radius 3 is 2.43 bits per heavy atom. The fourth-order valence-electron chi connectivity index (χ4n) is 2.02. The number of rotatable bonds is 0. The molecule has 0 aromatic carbocycles. The van der Waals surface area contributed by atoms with Crippen molar-refractivity contribution in [1.29, 1.82) is 0 Å². The second-order valence-corrected chi connectivity index (χ2v) is 4.91. The minimum atomic E-state index is 0.232. The van der Waals surface area contributed by atoms with Crippen LogP contribution in [0.2, 0.25) is 0 Å². The summed E-state index contributed by atoms with van der Waals surface area (Å²) < 4.78 is 2.20. The van der Waals surface area contributed by atoms with Crippen molar-refractivity contribution < 1.29 is 0 Å². The van der Waals surface area contributed by atoms with Crippen molar-refractivity contribution in [1.82, 2.24) is 4.40 Å². The maximum absolute atomic E-state index is 2.26. The molecular weight excluding hydrogens is 170 g/mol. The molecule has 0 amide bonds. The average molecular weight is 187 g/mol. The number of nitrogens with zero attached hydrogens (tertiary/aromatic N) is 1. The maximum atomic E-state index is 2.26. The van der Waals surface area contributed by atoms with E-state index < -0.39 is 0 Å². The molecule has 0 fully saturated rings. The van der Waals surface area contributed by atoms with E-state index in [-0.39, 0.29) is 5.41 Å². The molecule has 1 nitrogen and oxygen atoms in total. The van der Waals surface area contributed by atoms with Crippen molar-refractivity contribution in [2.24, 2.45) is 0 Å². The van der Waals surface area contributed by atoms with Gasteiger partial charge in [-0.25, -0.2) is 0 Å². The smallest absolute Gasteiger partial charge is 0.0482 e. The number of fused-ring (bicyclic) bond motifs is 1. The Balaban J connectivity index is 2.75. The molecule has 14 heavy (non-hydrogen) atoms. The molecule has 2 heterocycles. The van der Waals surface area contributed by atoms with Gasteiger partial charge in [-0.05, 0) is 35.6 Å². The van der Waals surface area contributed by atoms with Gasteiger partial charge in [-0.1, -0.05) is 26.8 Å². The number of pyridine rings is 1. The van der Waals surface area contributed by atoms with Crippen LogP contribution in [0.5, 0.6) is 0 Å². The molecule has 0 aliphatic carbocycles. The van der Waals surface area contributed by atoms with Gasteiger partial charge < -0.3 is 4.40 Å². The average Bonchev–Trinajstić information content (AvgIpc) is 2.44. The normalized spacial score (nSPS) is 12.3. The lowest BCUT2D eigenvalue weighted by Crippen LogP contribution is -2.11. The summed E-state index contributed by atoms with van der Waals surface area (Å²) >= 11 is 0. The van der Waals surface area contributed by atoms with Gasteiger partial charge in [0.15, 0.2) is 0 Å². The molecular formula is C13H17N. The Labute approximate surface area is 85.4 Å². The first-order chi connectivity index (χ1) is 6.50. The predicted molar refractivity (Wildman–Crippen MR) is 60.8 cm³/mol. The zero-order chi connectivity index (χ0) is 10.3. The first-order valence-corrected chi connectivity index (χ1v) is 5.07. The summed E-state index contributed by atoms with van der Waals surface area (Å²) in [5.74, 6) is 0. The van der Waals surface area contributed by atoms with E-state index in [2.05, 4.69) is 62.7 Å². The zero-order valence-electron chi connectivity index (χ0n) is 9.33. The third-order valence-electron chi connectivity index (χ3n) is 2.75. The largest absolute Gasteiger partial charge is 0.323 e. The van der Waals surface area contributed by atoms with Crippen molar-refractivity contribution in [2.75, 3.05) is 0 Å². The van der Waals surface area contributed by atoms with Gasteiger partial charge in [-0.15, -0.1) is 0 Å². The second-order valence-electron chi connectivity index (χ2n) is 4.91. The summed E-state index contributed by atoms with van der Waals surface area (Å²) in [7, 11) is 0. The minimum Gasteiger partial charge on any atom is -0.323 e.